The van der Waals surface area contributed by atoms with Crippen LogP contribution in [0.1, 0.15) is 25.5 Å². The lowest BCUT2D eigenvalue weighted by atomic mass is 9.77. The molecule has 0 fully saturated rings. The summed E-state index contributed by atoms with van der Waals surface area (Å²) in [6.45, 7) is 3.58. The lowest BCUT2D eigenvalue weighted by Crippen LogP contribution is -2.39. The number of H-pyrrole nitrogens is 1. The topological polar surface area (TPSA) is 112 Å². The molecule has 1 aliphatic heterocycles. The van der Waals surface area contributed by atoms with E-state index in [1.165, 1.54) is 0 Å². The average molecular weight is 414 g/mol. The van der Waals surface area contributed by atoms with Crippen molar-refractivity contribution >= 4 is 29.2 Å². The zero-order valence-corrected chi connectivity index (χ0v) is 17.2. The number of rotatable bonds is 5. The molecule has 3 aromatic rings. The Morgan fingerprint density at radius 1 is 0.903 bits per heavy atom. The molecule has 3 aromatic heterocycles. The summed E-state index contributed by atoms with van der Waals surface area (Å²) < 4.78 is 0. The Labute approximate surface area is 179 Å². The highest BCUT2D eigenvalue weighted by Crippen LogP contribution is 2.39. The summed E-state index contributed by atoms with van der Waals surface area (Å²) in [5.74, 6) is -0.985. The molecular weight excluding hydrogens is 392 g/mol. The number of pyridine rings is 2. The first-order chi connectivity index (χ1) is 15.0. The first kappa shape index (κ1) is 20.2. The number of aliphatic imine (C=N–C) groups is 1. The zero-order chi connectivity index (χ0) is 21.8. The van der Waals surface area contributed by atoms with Gasteiger partial charge in [0.05, 0.1) is 5.92 Å². The number of carbonyl (C=O) groups excluding carboxylic acids is 2. The van der Waals surface area contributed by atoms with Crippen molar-refractivity contribution in [3.8, 4) is 0 Å². The van der Waals surface area contributed by atoms with Crippen LogP contribution in [-0.4, -0.2) is 32.5 Å². The van der Waals surface area contributed by atoms with Crippen LogP contribution in [-0.2, 0) is 9.59 Å². The number of anilines is 2. The summed E-state index contributed by atoms with van der Waals surface area (Å²) in [6, 6.07) is 14.3. The van der Waals surface area contributed by atoms with Crippen molar-refractivity contribution in [2.45, 2.75) is 19.8 Å². The number of allylic oxidation sites excluding steroid dienone is 1. The summed E-state index contributed by atoms with van der Waals surface area (Å²) in [6.07, 6.45) is 4.98. The molecule has 0 radical (unpaired) electrons. The molecule has 2 unspecified atom stereocenters. The third-order valence-electron chi connectivity index (χ3n) is 5.14. The Hall–Kier alpha value is -4.07. The van der Waals surface area contributed by atoms with Crippen molar-refractivity contribution in [2.24, 2.45) is 10.9 Å². The lowest BCUT2D eigenvalue weighted by molar-refractivity contribution is -0.118. The summed E-state index contributed by atoms with van der Waals surface area (Å²) in [4.78, 5) is 42.6. The first-order valence-electron chi connectivity index (χ1n) is 9.88. The molecular formula is C23H22N6O2. The van der Waals surface area contributed by atoms with Gasteiger partial charge in [0, 0.05) is 47.2 Å². The Morgan fingerprint density at radius 2 is 1.58 bits per heavy atom. The fourth-order valence-corrected chi connectivity index (χ4v) is 3.81. The summed E-state index contributed by atoms with van der Waals surface area (Å²) in [7, 11) is 0. The van der Waals surface area contributed by atoms with Crippen LogP contribution in [0.5, 0.6) is 0 Å². The highest BCUT2D eigenvalue weighted by Gasteiger charge is 2.41. The van der Waals surface area contributed by atoms with Gasteiger partial charge in [-0.1, -0.05) is 12.1 Å². The van der Waals surface area contributed by atoms with Crippen molar-refractivity contribution in [1.82, 2.24) is 15.0 Å². The summed E-state index contributed by atoms with van der Waals surface area (Å²) >= 11 is 0. The molecule has 0 saturated heterocycles. The van der Waals surface area contributed by atoms with Gasteiger partial charge in [-0.25, -0.2) is 9.97 Å². The van der Waals surface area contributed by atoms with Crippen LogP contribution in [0.2, 0.25) is 0 Å². The molecule has 0 spiro atoms. The first-order valence-corrected chi connectivity index (χ1v) is 9.88. The second-order valence-electron chi connectivity index (χ2n) is 7.21. The van der Waals surface area contributed by atoms with Crippen LogP contribution < -0.4 is 10.6 Å². The number of aromatic amines is 1. The van der Waals surface area contributed by atoms with Gasteiger partial charge in [-0.05, 0) is 50.2 Å². The van der Waals surface area contributed by atoms with E-state index in [1.54, 1.807) is 68.8 Å². The van der Waals surface area contributed by atoms with E-state index in [9.17, 15) is 9.59 Å². The Bertz CT molecular complexity index is 1140. The van der Waals surface area contributed by atoms with E-state index in [0.717, 1.165) is 5.69 Å². The molecule has 156 valence electrons. The van der Waals surface area contributed by atoms with Crippen molar-refractivity contribution in [2.75, 3.05) is 10.6 Å². The molecule has 31 heavy (non-hydrogen) atoms. The van der Waals surface area contributed by atoms with Crippen LogP contribution in [0, 0.1) is 5.92 Å². The van der Waals surface area contributed by atoms with Gasteiger partial charge in [0.2, 0.25) is 5.91 Å². The number of hydrogen-bond donors (Lipinski definition) is 3. The molecule has 0 saturated carbocycles. The molecule has 1 aliphatic rings. The maximum absolute atomic E-state index is 13.3. The van der Waals surface area contributed by atoms with Crippen molar-refractivity contribution in [3.05, 3.63) is 84.1 Å². The van der Waals surface area contributed by atoms with Gasteiger partial charge >= 0.3 is 0 Å². The molecule has 2 atom stereocenters. The maximum Gasteiger partial charge on any atom is 0.255 e. The summed E-state index contributed by atoms with van der Waals surface area (Å²) in [5.41, 5.74) is 2.35. The third-order valence-corrected chi connectivity index (χ3v) is 5.14. The maximum atomic E-state index is 13.3. The van der Waals surface area contributed by atoms with Crippen LogP contribution in [0.25, 0.3) is 0 Å². The molecule has 0 bridgehead atoms. The number of hydrogen-bond acceptors (Lipinski definition) is 5. The van der Waals surface area contributed by atoms with Crippen LogP contribution in [0.3, 0.4) is 0 Å². The van der Waals surface area contributed by atoms with Crippen molar-refractivity contribution < 1.29 is 9.59 Å². The van der Waals surface area contributed by atoms with E-state index >= 15 is 0 Å². The van der Waals surface area contributed by atoms with Crippen molar-refractivity contribution in [3.63, 3.8) is 0 Å². The molecule has 4 rings (SSSR count). The minimum atomic E-state index is -0.686. The van der Waals surface area contributed by atoms with Crippen LogP contribution in [0.15, 0.2) is 83.4 Å². The number of carbonyl (C=O) groups is 2. The second-order valence-corrected chi connectivity index (χ2v) is 7.21. The normalized spacial score (nSPS) is 18.3. The monoisotopic (exact) mass is 414 g/mol. The fraction of sp³-hybridized carbons (Fsp3) is 0.174. The van der Waals surface area contributed by atoms with Crippen molar-refractivity contribution in [1.29, 1.82) is 0 Å². The van der Waals surface area contributed by atoms with Gasteiger partial charge in [0.25, 0.3) is 5.91 Å². The SMILES string of the molecule is CC1=NC(C)=C(C(=O)Nc2ccccn2)C(c2ccc[nH]2)C1C(=O)Nc1ccccn1. The Kier molecular flexibility index (Phi) is 5.70. The molecule has 8 nitrogen and oxygen atoms in total. The Morgan fingerprint density at radius 3 is 2.16 bits per heavy atom. The smallest absolute Gasteiger partial charge is 0.255 e. The minimum absolute atomic E-state index is 0.282. The van der Waals surface area contributed by atoms with Gasteiger partial charge in [0.1, 0.15) is 11.6 Å². The molecule has 0 aromatic carbocycles. The average Bonchev–Trinajstić information content (AvgIpc) is 3.29. The lowest BCUT2D eigenvalue weighted by Gasteiger charge is -2.31. The number of nitrogens with zero attached hydrogens (tertiary/aromatic N) is 3. The Balaban J connectivity index is 1.71. The molecule has 4 heterocycles. The van der Waals surface area contributed by atoms with Gasteiger partial charge in [-0.2, -0.15) is 0 Å². The quantitative estimate of drug-likeness (QED) is 0.593. The van der Waals surface area contributed by atoms with Gasteiger partial charge < -0.3 is 15.6 Å². The zero-order valence-electron chi connectivity index (χ0n) is 17.2. The van der Waals surface area contributed by atoms with E-state index < -0.39 is 11.8 Å². The molecule has 0 aliphatic carbocycles. The highest BCUT2D eigenvalue weighted by atomic mass is 16.2. The van der Waals surface area contributed by atoms with Gasteiger partial charge in [-0.3, -0.25) is 14.6 Å². The molecule has 8 heteroatoms. The van der Waals surface area contributed by atoms with Crippen LogP contribution in [0.4, 0.5) is 11.6 Å². The van der Waals surface area contributed by atoms with E-state index in [4.69, 9.17) is 0 Å². The van der Waals surface area contributed by atoms with E-state index in [1.807, 2.05) is 12.1 Å². The van der Waals surface area contributed by atoms with E-state index in [-0.39, 0.29) is 11.8 Å². The van der Waals surface area contributed by atoms with Crippen LogP contribution >= 0.6 is 0 Å². The highest BCUT2D eigenvalue weighted by molar-refractivity contribution is 6.14. The third kappa shape index (κ3) is 4.28. The number of aromatic nitrogens is 3. The van der Waals surface area contributed by atoms with E-state index in [0.29, 0.717) is 28.6 Å². The predicted molar refractivity (Wildman–Crippen MR) is 119 cm³/mol. The standard InChI is InChI=1S/C23H22N6O2/c1-14-19(22(30)28-17-9-3-5-11-25-17)21(16-8-7-13-24-16)20(15(2)27-14)23(31)29-18-10-4-6-12-26-18/h3-13,19,21,24H,1-2H3,(H,25,28,30)(H,26,29,31). The number of nitrogens with one attached hydrogen (secondary N) is 3. The number of amides is 2. The molecule has 2 amide bonds. The van der Waals surface area contributed by atoms with E-state index in [2.05, 4.69) is 30.6 Å². The largest absolute Gasteiger partial charge is 0.364 e. The van der Waals surface area contributed by atoms with Gasteiger partial charge in [-0.15, -0.1) is 0 Å². The summed E-state index contributed by atoms with van der Waals surface area (Å²) in [5, 5.41) is 5.67. The molecule has 3 N–H and O–H groups in total. The minimum Gasteiger partial charge on any atom is -0.364 e. The fourth-order valence-electron chi connectivity index (χ4n) is 3.81. The second kappa shape index (κ2) is 8.74. The predicted octanol–water partition coefficient (Wildman–Crippen LogP) is 3.53. The van der Waals surface area contributed by atoms with Gasteiger partial charge in [0.15, 0.2) is 0 Å².